The molecule has 0 saturated heterocycles. The number of primary amides is 1. The van der Waals surface area contributed by atoms with Gasteiger partial charge in [-0.1, -0.05) is 6.07 Å². The number of carbonyl (C=O) groups is 1. The third-order valence-corrected chi connectivity index (χ3v) is 2.84. The van der Waals surface area contributed by atoms with E-state index in [1.807, 2.05) is 0 Å². The van der Waals surface area contributed by atoms with Crippen LogP contribution in [-0.4, -0.2) is 41.8 Å². The van der Waals surface area contributed by atoms with Gasteiger partial charge in [-0.2, -0.15) is 13.2 Å². The number of carbonyl (C=O) groups excluding carboxylic acids is 1. The molecule has 0 atom stereocenters. The second-order valence-electron chi connectivity index (χ2n) is 4.55. The number of benzene rings is 1. The highest BCUT2D eigenvalue weighted by atomic mass is 19.4. The summed E-state index contributed by atoms with van der Waals surface area (Å²) in [6.45, 7) is 0.229. The van der Waals surface area contributed by atoms with Crippen molar-refractivity contribution in [3.8, 4) is 0 Å². The Morgan fingerprint density at radius 2 is 2.05 bits per heavy atom. The third kappa shape index (κ3) is 5.18. The van der Waals surface area contributed by atoms with E-state index in [-0.39, 0.29) is 19.7 Å². The van der Waals surface area contributed by atoms with Crippen molar-refractivity contribution >= 4 is 5.91 Å². The quantitative estimate of drug-likeness (QED) is 0.833. The maximum absolute atomic E-state index is 12.4. The topological polar surface area (TPSA) is 66.6 Å². The first-order chi connectivity index (χ1) is 9.23. The van der Waals surface area contributed by atoms with Gasteiger partial charge in [0.25, 0.3) is 0 Å². The Morgan fingerprint density at radius 3 is 2.50 bits per heavy atom. The van der Waals surface area contributed by atoms with Crippen LogP contribution >= 0.6 is 0 Å². The van der Waals surface area contributed by atoms with Crippen molar-refractivity contribution in [2.24, 2.45) is 5.73 Å². The highest BCUT2D eigenvalue weighted by Crippen LogP contribution is 2.19. The molecule has 20 heavy (non-hydrogen) atoms. The van der Waals surface area contributed by atoms with E-state index in [0.717, 1.165) is 4.90 Å². The summed E-state index contributed by atoms with van der Waals surface area (Å²) < 4.78 is 37.3. The number of halogens is 3. The molecule has 0 radical (unpaired) electrons. The lowest BCUT2D eigenvalue weighted by molar-refractivity contribution is -0.148. The fraction of sp³-hybridized carbons (Fsp3) is 0.462. The summed E-state index contributed by atoms with van der Waals surface area (Å²) in [5.74, 6) is -0.581. The lowest BCUT2D eigenvalue weighted by Crippen LogP contribution is -2.35. The Bertz CT molecular complexity index is 475. The van der Waals surface area contributed by atoms with Crippen molar-refractivity contribution in [2.45, 2.75) is 19.6 Å². The molecule has 1 amide bonds. The molecule has 0 spiro atoms. The molecule has 4 nitrogen and oxygen atoms in total. The first-order valence-electron chi connectivity index (χ1n) is 6.02. The molecular formula is C13H17F3N2O2. The molecule has 0 aliphatic heterocycles. The Kier molecular flexibility index (Phi) is 5.52. The molecule has 0 unspecified atom stereocenters. The van der Waals surface area contributed by atoms with E-state index < -0.39 is 18.6 Å². The molecule has 7 heteroatoms. The number of rotatable bonds is 6. The zero-order chi connectivity index (χ0) is 15.3. The normalized spacial score (nSPS) is 11.9. The monoisotopic (exact) mass is 290 g/mol. The summed E-state index contributed by atoms with van der Waals surface area (Å²) in [7, 11) is 0. The minimum absolute atomic E-state index is 0.0466. The average molecular weight is 290 g/mol. The number of hydrogen-bond acceptors (Lipinski definition) is 3. The standard InChI is InChI=1S/C13H17F3N2O2/c1-9-6-10(12(17)20)2-3-11(9)7-18(4-5-19)8-13(14,15)16/h2-3,6,19H,4-5,7-8H2,1H3,(H2,17,20). The lowest BCUT2D eigenvalue weighted by atomic mass is 10.0. The van der Waals surface area contributed by atoms with Crippen LogP contribution in [0.5, 0.6) is 0 Å². The average Bonchev–Trinajstić information content (AvgIpc) is 2.29. The number of amides is 1. The van der Waals surface area contributed by atoms with Gasteiger partial charge in [0.2, 0.25) is 5.91 Å². The summed E-state index contributed by atoms with van der Waals surface area (Å²) in [6.07, 6.45) is -4.32. The Balaban J connectivity index is 2.85. The van der Waals surface area contributed by atoms with Crippen LogP contribution < -0.4 is 5.73 Å². The van der Waals surface area contributed by atoms with Crippen molar-refractivity contribution in [3.63, 3.8) is 0 Å². The van der Waals surface area contributed by atoms with Gasteiger partial charge < -0.3 is 10.8 Å². The summed E-state index contributed by atoms with van der Waals surface area (Å²) in [5.41, 5.74) is 6.80. The third-order valence-electron chi connectivity index (χ3n) is 2.84. The predicted octanol–water partition coefficient (Wildman–Crippen LogP) is 1.45. The zero-order valence-corrected chi connectivity index (χ0v) is 11.1. The van der Waals surface area contributed by atoms with Gasteiger partial charge >= 0.3 is 6.18 Å². The predicted molar refractivity (Wildman–Crippen MR) is 68.1 cm³/mol. The fourth-order valence-electron chi connectivity index (χ4n) is 1.88. The molecule has 0 aliphatic carbocycles. The number of aliphatic hydroxyl groups excluding tert-OH is 1. The number of aryl methyl sites for hydroxylation is 1. The van der Waals surface area contributed by atoms with Crippen LogP contribution in [0.3, 0.4) is 0 Å². The molecule has 0 aliphatic rings. The van der Waals surface area contributed by atoms with Gasteiger partial charge in [0, 0.05) is 18.7 Å². The van der Waals surface area contributed by atoms with Gasteiger partial charge in [-0.3, -0.25) is 9.69 Å². The van der Waals surface area contributed by atoms with Crippen molar-refractivity contribution in [1.29, 1.82) is 0 Å². The highest BCUT2D eigenvalue weighted by molar-refractivity contribution is 5.93. The number of alkyl halides is 3. The van der Waals surface area contributed by atoms with Crippen molar-refractivity contribution in [2.75, 3.05) is 19.7 Å². The van der Waals surface area contributed by atoms with Crippen LogP contribution in [0.4, 0.5) is 13.2 Å². The number of nitrogens with two attached hydrogens (primary N) is 1. The van der Waals surface area contributed by atoms with E-state index in [4.69, 9.17) is 10.8 Å². The summed E-state index contributed by atoms with van der Waals surface area (Å²) in [6, 6.07) is 4.61. The Hall–Kier alpha value is -1.60. The molecular weight excluding hydrogens is 273 g/mol. The largest absolute Gasteiger partial charge is 0.401 e. The molecule has 1 aromatic carbocycles. The van der Waals surface area contributed by atoms with Crippen LogP contribution in [0, 0.1) is 6.92 Å². The molecule has 0 heterocycles. The van der Waals surface area contributed by atoms with Crippen molar-refractivity contribution < 1.29 is 23.1 Å². The first kappa shape index (κ1) is 16.5. The summed E-state index contributed by atoms with van der Waals surface area (Å²) in [4.78, 5) is 12.1. The molecule has 0 fully saturated rings. The van der Waals surface area contributed by atoms with E-state index in [1.54, 1.807) is 19.1 Å². The maximum atomic E-state index is 12.4. The lowest BCUT2D eigenvalue weighted by Gasteiger charge is -2.23. The molecule has 1 rings (SSSR count). The summed E-state index contributed by atoms with van der Waals surface area (Å²) >= 11 is 0. The molecule has 0 bridgehead atoms. The van der Waals surface area contributed by atoms with Crippen molar-refractivity contribution in [3.05, 3.63) is 34.9 Å². The second-order valence-corrected chi connectivity index (χ2v) is 4.55. The highest BCUT2D eigenvalue weighted by Gasteiger charge is 2.30. The van der Waals surface area contributed by atoms with E-state index in [1.165, 1.54) is 6.07 Å². The van der Waals surface area contributed by atoms with Gasteiger partial charge in [0.15, 0.2) is 0 Å². The molecule has 112 valence electrons. The van der Waals surface area contributed by atoms with E-state index in [0.29, 0.717) is 16.7 Å². The van der Waals surface area contributed by atoms with E-state index >= 15 is 0 Å². The molecule has 1 aromatic rings. The summed E-state index contributed by atoms with van der Waals surface area (Å²) in [5, 5.41) is 8.83. The van der Waals surface area contributed by atoms with Crippen LogP contribution in [0.25, 0.3) is 0 Å². The minimum Gasteiger partial charge on any atom is -0.395 e. The van der Waals surface area contributed by atoms with E-state index in [2.05, 4.69) is 0 Å². The van der Waals surface area contributed by atoms with Gasteiger partial charge in [-0.15, -0.1) is 0 Å². The smallest absolute Gasteiger partial charge is 0.395 e. The maximum Gasteiger partial charge on any atom is 0.401 e. The molecule has 3 N–H and O–H groups in total. The number of hydrogen-bond donors (Lipinski definition) is 2. The molecule has 0 saturated carbocycles. The Morgan fingerprint density at radius 1 is 1.40 bits per heavy atom. The van der Waals surface area contributed by atoms with Crippen LogP contribution in [0.1, 0.15) is 21.5 Å². The van der Waals surface area contributed by atoms with Crippen LogP contribution in [-0.2, 0) is 6.54 Å². The van der Waals surface area contributed by atoms with E-state index in [9.17, 15) is 18.0 Å². The van der Waals surface area contributed by atoms with Crippen LogP contribution in [0.15, 0.2) is 18.2 Å². The number of aliphatic hydroxyl groups is 1. The van der Waals surface area contributed by atoms with Gasteiger partial charge in [-0.25, -0.2) is 0 Å². The van der Waals surface area contributed by atoms with Crippen molar-refractivity contribution in [1.82, 2.24) is 4.90 Å². The fourth-order valence-corrected chi connectivity index (χ4v) is 1.88. The number of nitrogens with zero attached hydrogens (tertiary/aromatic N) is 1. The molecule has 0 aromatic heterocycles. The Labute approximate surface area is 115 Å². The zero-order valence-electron chi connectivity index (χ0n) is 11.1. The van der Waals surface area contributed by atoms with Gasteiger partial charge in [0.05, 0.1) is 13.2 Å². The minimum atomic E-state index is -4.32. The first-order valence-corrected chi connectivity index (χ1v) is 6.02. The SMILES string of the molecule is Cc1cc(C(N)=O)ccc1CN(CCO)CC(F)(F)F. The van der Waals surface area contributed by atoms with Gasteiger partial charge in [0.1, 0.15) is 0 Å². The second kappa shape index (κ2) is 6.71. The van der Waals surface area contributed by atoms with Gasteiger partial charge in [-0.05, 0) is 30.2 Å². The van der Waals surface area contributed by atoms with Crippen LogP contribution in [0.2, 0.25) is 0 Å².